The summed E-state index contributed by atoms with van der Waals surface area (Å²) in [6, 6.07) is 3.63. The number of hydrogen-bond donors (Lipinski definition) is 2. The molecule has 0 aromatic carbocycles. The fourth-order valence-corrected chi connectivity index (χ4v) is 2.73. The number of nitrogen functional groups attached to an aromatic ring is 1. The van der Waals surface area contributed by atoms with Gasteiger partial charge in [0.2, 0.25) is 0 Å². The summed E-state index contributed by atoms with van der Waals surface area (Å²) in [6.07, 6.45) is 3.74. The fourth-order valence-electron chi connectivity index (χ4n) is 1.65. The molecule has 1 unspecified atom stereocenters. The van der Waals surface area contributed by atoms with Gasteiger partial charge in [-0.3, -0.25) is 4.79 Å². The second-order valence-electron chi connectivity index (χ2n) is 3.86. The Morgan fingerprint density at radius 1 is 1.56 bits per heavy atom. The largest absolute Gasteiger partial charge is 0.397 e. The predicted octanol–water partition coefficient (Wildman–Crippen LogP) is 1.29. The number of nitrogens with two attached hydrogens (primary N) is 1. The van der Waals surface area contributed by atoms with Crippen molar-refractivity contribution in [1.82, 2.24) is 10.3 Å². The molecule has 1 fully saturated rings. The first kappa shape index (κ1) is 11.3. The number of carbonyl (C=O) groups excluding carboxylic acids is 1. The Morgan fingerprint density at radius 2 is 2.44 bits per heavy atom. The molecule has 1 amide bonds. The smallest absolute Gasteiger partial charge is 0.270 e. The molecular weight excluding hydrogens is 222 g/mol. The lowest BCUT2D eigenvalue weighted by Crippen LogP contribution is -2.38. The molecule has 4 nitrogen and oxygen atoms in total. The number of nitrogens with zero attached hydrogens (tertiary/aromatic N) is 1. The number of aromatic nitrogens is 1. The summed E-state index contributed by atoms with van der Waals surface area (Å²) >= 11 is 1.89. The Kier molecular flexibility index (Phi) is 3.66. The van der Waals surface area contributed by atoms with E-state index in [2.05, 4.69) is 10.3 Å². The average Bonchev–Trinajstić information content (AvgIpc) is 2.31. The van der Waals surface area contributed by atoms with Crippen LogP contribution in [-0.2, 0) is 0 Å². The van der Waals surface area contributed by atoms with Crippen LogP contribution in [0.4, 0.5) is 5.69 Å². The summed E-state index contributed by atoms with van der Waals surface area (Å²) in [5.41, 5.74) is 6.52. The number of anilines is 1. The standard InChI is InChI=1S/C11H15N3OS/c12-8-3-4-10(13-6-8)11(15)14-9-2-1-5-16-7-9/h3-4,6,9H,1-2,5,7,12H2,(H,14,15). The minimum atomic E-state index is -0.104. The summed E-state index contributed by atoms with van der Waals surface area (Å²) in [6.45, 7) is 0. The van der Waals surface area contributed by atoms with Crippen LogP contribution in [0.2, 0.25) is 0 Å². The summed E-state index contributed by atoms with van der Waals surface area (Å²) in [4.78, 5) is 15.8. The zero-order valence-electron chi connectivity index (χ0n) is 8.98. The lowest BCUT2D eigenvalue weighted by Gasteiger charge is -2.22. The monoisotopic (exact) mass is 237 g/mol. The summed E-state index contributed by atoms with van der Waals surface area (Å²) < 4.78 is 0. The highest BCUT2D eigenvalue weighted by Crippen LogP contribution is 2.17. The van der Waals surface area contributed by atoms with Gasteiger partial charge in [-0.05, 0) is 30.7 Å². The zero-order valence-corrected chi connectivity index (χ0v) is 9.80. The number of amides is 1. The van der Waals surface area contributed by atoms with Crippen LogP contribution in [-0.4, -0.2) is 28.4 Å². The maximum Gasteiger partial charge on any atom is 0.270 e. The molecule has 0 bridgehead atoms. The molecule has 0 spiro atoms. The van der Waals surface area contributed by atoms with Crippen LogP contribution in [0, 0.1) is 0 Å². The number of nitrogens with one attached hydrogen (secondary N) is 1. The molecule has 1 aromatic heterocycles. The normalized spacial score (nSPS) is 20.4. The van der Waals surface area contributed by atoms with E-state index in [1.807, 2.05) is 11.8 Å². The van der Waals surface area contributed by atoms with Crippen LogP contribution in [0.1, 0.15) is 23.3 Å². The van der Waals surface area contributed by atoms with Crippen molar-refractivity contribution in [2.24, 2.45) is 0 Å². The Bertz CT molecular complexity index is 360. The molecule has 1 saturated heterocycles. The van der Waals surface area contributed by atoms with Crippen molar-refractivity contribution in [3.05, 3.63) is 24.0 Å². The van der Waals surface area contributed by atoms with E-state index in [9.17, 15) is 4.79 Å². The number of thioether (sulfide) groups is 1. The summed E-state index contributed by atoms with van der Waals surface area (Å²) in [5, 5.41) is 2.99. The summed E-state index contributed by atoms with van der Waals surface area (Å²) in [7, 11) is 0. The Balaban J connectivity index is 1.94. The van der Waals surface area contributed by atoms with E-state index in [4.69, 9.17) is 5.73 Å². The second-order valence-corrected chi connectivity index (χ2v) is 5.01. The van der Waals surface area contributed by atoms with Gasteiger partial charge in [0.05, 0.1) is 11.9 Å². The zero-order chi connectivity index (χ0) is 11.4. The molecule has 0 aliphatic carbocycles. The topological polar surface area (TPSA) is 68.0 Å². The molecule has 1 aliphatic heterocycles. The molecule has 2 rings (SSSR count). The van der Waals surface area contributed by atoms with E-state index in [1.54, 1.807) is 12.1 Å². The van der Waals surface area contributed by atoms with Crippen LogP contribution < -0.4 is 11.1 Å². The van der Waals surface area contributed by atoms with E-state index in [1.165, 1.54) is 18.4 Å². The number of pyridine rings is 1. The highest BCUT2D eigenvalue weighted by Gasteiger charge is 2.17. The quantitative estimate of drug-likeness (QED) is 0.813. The van der Waals surface area contributed by atoms with Gasteiger partial charge in [-0.1, -0.05) is 0 Å². The van der Waals surface area contributed by atoms with E-state index in [-0.39, 0.29) is 11.9 Å². The third-order valence-electron chi connectivity index (χ3n) is 2.51. The first-order valence-corrected chi connectivity index (χ1v) is 6.51. The van der Waals surface area contributed by atoms with E-state index in [0.717, 1.165) is 12.2 Å². The summed E-state index contributed by atoms with van der Waals surface area (Å²) in [5.74, 6) is 2.10. The van der Waals surface area contributed by atoms with Crippen molar-refractivity contribution in [2.45, 2.75) is 18.9 Å². The maximum absolute atomic E-state index is 11.8. The number of hydrogen-bond acceptors (Lipinski definition) is 4. The van der Waals surface area contributed by atoms with Gasteiger partial charge in [-0.25, -0.2) is 4.98 Å². The lowest BCUT2D eigenvalue weighted by atomic mass is 10.2. The molecule has 2 heterocycles. The predicted molar refractivity (Wildman–Crippen MR) is 66.5 cm³/mol. The molecule has 1 aliphatic rings. The van der Waals surface area contributed by atoms with Crippen LogP contribution in [0.25, 0.3) is 0 Å². The van der Waals surface area contributed by atoms with Crippen LogP contribution in [0.5, 0.6) is 0 Å². The highest BCUT2D eigenvalue weighted by molar-refractivity contribution is 7.99. The molecule has 0 saturated carbocycles. The van der Waals surface area contributed by atoms with Gasteiger partial charge < -0.3 is 11.1 Å². The lowest BCUT2D eigenvalue weighted by molar-refractivity contribution is 0.0933. The molecular formula is C11H15N3OS. The highest BCUT2D eigenvalue weighted by atomic mass is 32.2. The average molecular weight is 237 g/mol. The van der Waals surface area contributed by atoms with Crippen molar-refractivity contribution in [3.8, 4) is 0 Å². The van der Waals surface area contributed by atoms with Gasteiger partial charge in [0.1, 0.15) is 5.69 Å². The van der Waals surface area contributed by atoms with E-state index in [0.29, 0.717) is 11.4 Å². The Morgan fingerprint density at radius 3 is 3.06 bits per heavy atom. The van der Waals surface area contributed by atoms with Crippen LogP contribution in [0.15, 0.2) is 18.3 Å². The van der Waals surface area contributed by atoms with Gasteiger partial charge in [-0.2, -0.15) is 11.8 Å². The maximum atomic E-state index is 11.8. The third-order valence-corrected chi connectivity index (χ3v) is 3.73. The Labute approximate surface area is 99.0 Å². The second kappa shape index (κ2) is 5.21. The van der Waals surface area contributed by atoms with Gasteiger partial charge in [0, 0.05) is 11.8 Å². The van der Waals surface area contributed by atoms with Crippen molar-refractivity contribution >= 4 is 23.4 Å². The molecule has 3 N–H and O–H groups in total. The SMILES string of the molecule is Nc1ccc(C(=O)NC2CCCSC2)nc1. The van der Waals surface area contributed by atoms with Gasteiger partial charge in [0.25, 0.3) is 5.91 Å². The molecule has 1 aromatic rings. The Hall–Kier alpha value is -1.23. The minimum absolute atomic E-state index is 0.104. The molecule has 1 atom stereocenters. The first-order valence-electron chi connectivity index (χ1n) is 5.36. The van der Waals surface area contributed by atoms with Crippen molar-refractivity contribution in [3.63, 3.8) is 0 Å². The number of carbonyl (C=O) groups is 1. The van der Waals surface area contributed by atoms with Crippen molar-refractivity contribution < 1.29 is 4.79 Å². The molecule has 0 radical (unpaired) electrons. The first-order chi connectivity index (χ1) is 7.75. The van der Waals surface area contributed by atoms with Crippen molar-refractivity contribution in [1.29, 1.82) is 0 Å². The van der Waals surface area contributed by atoms with Crippen LogP contribution in [0.3, 0.4) is 0 Å². The fraction of sp³-hybridized carbons (Fsp3) is 0.455. The number of rotatable bonds is 2. The van der Waals surface area contributed by atoms with E-state index < -0.39 is 0 Å². The van der Waals surface area contributed by atoms with Gasteiger partial charge in [0.15, 0.2) is 0 Å². The van der Waals surface area contributed by atoms with Gasteiger partial charge >= 0.3 is 0 Å². The minimum Gasteiger partial charge on any atom is -0.397 e. The molecule has 86 valence electrons. The van der Waals surface area contributed by atoms with Gasteiger partial charge in [-0.15, -0.1) is 0 Å². The third kappa shape index (κ3) is 2.88. The molecule has 5 heteroatoms. The van der Waals surface area contributed by atoms with Crippen LogP contribution >= 0.6 is 11.8 Å². The van der Waals surface area contributed by atoms with E-state index >= 15 is 0 Å². The molecule has 16 heavy (non-hydrogen) atoms. The van der Waals surface area contributed by atoms with Crippen molar-refractivity contribution in [2.75, 3.05) is 17.2 Å².